The molecule has 1 aromatic heterocycles. The van der Waals surface area contributed by atoms with Crippen LogP contribution in [0.15, 0.2) is 36.4 Å². The number of halogens is 1. The number of hydrogen-bond donors (Lipinski definition) is 1. The van der Waals surface area contributed by atoms with Crippen LogP contribution in [0, 0.1) is 6.92 Å². The first kappa shape index (κ1) is 14.7. The standard InChI is InChI=1S/C16H20ClN3/c1-11(13-5-7-14(8-6-13)20(3)4)18-15-9-10-16(17)19-12(15)2/h5-11,18H,1-4H3. The van der Waals surface area contributed by atoms with Gasteiger partial charge in [0, 0.05) is 25.8 Å². The number of rotatable bonds is 4. The summed E-state index contributed by atoms with van der Waals surface area (Å²) in [7, 11) is 4.08. The zero-order valence-electron chi connectivity index (χ0n) is 12.3. The van der Waals surface area contributed by atoms with Crippen LogP contribution in [0.25, 0.3) is 0 Å². The molecule has 0 radical (unpaired) electrons. The summed E-state index contributed by atoms with van der Waals surface area (Å²) in [6, 6.07) is 12.5. The van der Waals surface area contributed by atoms with Crippen LogP contribution in [0.1, 0.15) is 24.2 Å². The van der Waals surface area contributed by atoms with Crippen molar-refractivity contribution in [1.29, 1.82) is 0 Å². The van der Waals surface area contributed by atoms with Crippen molar-refractivity contribution in [2.45, 2.75) is 19.9 Å². The van der Waals surface area contributed by atoms with Crippen molar-refractivity contribution in [3.8, 4) is 0 Å². The third-order valence-electron chi connectivity index (χ3n) is 3.33. The van der Waals surface area contributed by atoms with E-state index < -0.39 is 0 Å². The molecule has 0 fully saturated rings. The van der Waals surface area contributed by atoms with E-state index in [1.807, 2.05) is 27.1 Å². The Bertz CT molecular complexity index is 579. The van der Waals surface area contributed by atoms with Gasteiger partial charge >= 0.3 is 0 Å². The number of anilines is 2. The smallest absolute Gasteiger partial charge is 0.129 e. The van der Waals surface area contributed by atoms with Crippen LogP contribution < -0.4 is 10.2 Å². The molecule has 0 bridgehead atoms. The molecule has 1 unspecified atom stereocenters. The molecule has 0 amide bonds. The fourth-order valence-corrected chi connectivity index (χ4v) is 2.25. The number of nitrogens with zero attached hydrogens (tertiary/aromatic N) is 2. The van der Waals surface area contributed by atoms with Gasteiger partial charge < -0.3 is 10.2 Å². The highest BCUT2D eigenvalue weighted by Gasteiger charge is 2.08. The Morgan fingerprint density at radius 1 is 1.10 bits per heavy atom. The molecule has 3 nitrogen and oxygen atoms in total. The van der Waals surface area contributed by atoms with Crippen molar-refractivity contribution in [2.24, 2.45) is 0 Å². The van der Waals surface area contributed by atoms with Gasteiger partial charge in [-0.25, -0.2) is 4.98 Å². The fraction of sp³-hybridized carbons (Fsp3) is 0.312. The predicted octanol–water partition coefficient (Wildman–Crippen LogP) is 4.28. The van der Waals surface area contributed by atoms with Gasteiger partial charge in [0.15, 0.2) is 0 Å². The summed E-state index contributed by atoms with van der Waals surface area (Å²) in [6.45, 7) is 4.09. The van der Waals surface area contributed by atoms with Gasteiger partial charge in [-0.15, -0.1) is 0 Å². The van der Waals surface area contributed by atoms with E-state index in [1.54, 1.807) is 6.07 Å². The lowest BCUT2D eigenvalue weighted by Crippen LogP contribution is -2.10. The molecule has 1 N–H and O–H groups in total. The van der Waals surface area contributed by atoms with E-state index in [2.05, 4.69) is 46.4 Å². The third kappa shape index (κ3) is 3.42. The molecule has 20 heavy (non-hydrogen) atoms. The van der Waals surface area contributed by atoms with Gasteiger partial charge in [0.1, 0.15) is 5.15 Å². The number of hydrogen-bond acceptors (Lipinski definition) is 3. The Kier molecular flexibility index (Phi) is 4.50. The Labute approximate surface area is 125 Å². The maximum atomic E-state index is 5.87. The van der Waals surface area contributed by atoms with Gasteiger partial charge in [-0.1, -0.05) is 23.7 Å². The average molecular weight is 290 g/mol. The van der Waals surface area contributed by atoms with E-state index in [9.17, 15) is 0 Å². The molecule has 2 aromatic rings. The lowest BCUT2D eigenvalue weighted by atomic mass is 10.1. The minimum absolute atomic E-state index is 0.216. The molecular formula is C16H20ClN3. The van der Waals surface area contributed by atoms with Crippen molar-refractivity contribution in [2.75, 3.05) is 24.3 Å². The summed E-state index contributed by atoms with van der Waals surface area (Å²) in [6.07, 6.45) is 0. The van der Waals surface area contributed by atoms with Crippen LogP contribution in [0.3, 0.4) is 0 Å². The summed E-state index contributed by atoms with van der Waals surface area (Å²) >= 11 is 5.87. The molecule has 2 rings (SSSR count). The third-order valence-corrected chi connectivity index (χ3v) is 3.54. The molecule has 0 aliphatic rings. The van der Waals surface area contributed by atoms with E-state index in [4.69, 9.17) is 11.6 Å². The van der Waals surface area contributed by atoms with Crippen molar-refractivity contribution < 1.29 is 0 Å². The lowest BCUT2D eigenvalue weighted by Gasteiger charge is -2.19. The molecule has 0 spiro atoms. The van der Waals surface area contributed by atoms with E-state index in [0.29, 0.717) is 5.15 Å². The first-order chi connectivity index (χ1) is 9.47. The monoisotopic (exact) mass is 289 g/mol. The summed E-state index contributed by atoms with van der Waals surface area (Å²) in [5, 5.41) is 3.99. The fourth-order valence-electron chi connectivity index (χ4n) is 2.06. The molecular weight excluding hydrogens is 270 g/mol. The SMILES string of the molecule is Cc1nc(Cl)ccc1NC(C)c1ccc(N(C)C)cc1. The second-order valence-electron chi connectivity index (χ2n) is 5.12. The zero-order chi connectivity index (χ0) is 14.7. The van der Waals surface area contributed by atoms with E-state index in [-0.39, 0.29) is 6.04 Å². The molecule has 1 atom stereocenters. The average Bonchev–Trinajstić information content (AvgIpc) is 2.42. The topological polar surface area (TPSA) is 28.2 Å². The molecule has 106 valence electrons. The van der Waals surface area contributed by atoms with Gasteiger partial charge in [-0.3, -0.25) is 0 Å². The normalized spacial score (nSPS) is 12.1. The second kappa shape index (κ2) is 6.14. The van der Waals surface area contributed by atoms with Crippen molar-refractivity contribution >= 4 is 23.0 Å². The summed E-state index contributed by atoms with van der Waals surface area (Å²) in [5.74, 6) is 0. The maximum absolute atomic E-state index is 5.87. The largest absolute Gasteiger partial charge is 0.378 e. The minimum Gasteiger partial charge on any atom is -0.378 e. The van der Waals surface area contributed by atoms with Crippen molar-refractivity contribution in [3.05, 3.63) is 52.8 Å². The van der Waals surface area contributed by atoms with Gasteiger partial charge in [-0.05, 0) is 43.7 Å². The van der Waals surface area contributed by atoms with Gasteiger partial charge in [0.25, 0.3) is 0 Å². The first-order valence-corrected chi connectivity index (χ1v) is 7.02. The highest BCUT2D eigenvalue weighted by molar-refractivity contribution is 6.29. The van der Waals surface area contributed by atoms with Crippen molar-refractivity contribution in [1.82, 2.24) is 4.98 Å². The molecule has 1 aromatic carbocycles. The maximum Gasteiger partial charge on any atom is 0.129 e. The molecule has 0 saturated carbocycles. The Hall–Kier alpha value is -1.74. The summed E-state index contributed by atoms with van der Waals surface area (Å²) in [4.78, 5) is 6.35. The Morgan fingerprint density at radius 2 is 1.75 bits per heavy atom. The van der Waals surface area contributed by atoms with Gasteiger partial charge in [0.2, 0.25) is 0 Å². The van der Waals surface area contributed by atoms with Crippen LogP contribution in [0.2, 0.25) is 5.15 Å². The van der Waals surface area contributed by atoms with Crippen LogP contribution in [0.5, 0.6) is 0 Å². The van der Waals surface area contributed by atoms with Crippen LogP contribution in [-0.2, 0) is 0 Å². The molecule has 1 heterocycles. The second-order valence-corrected chi connectivity index (χ2v) is 5.51. The number of benzene rings is 1. The number of pyridine rings is 1. The highest BCUT2D eigenvalue weighted by atomic mass is 35.5. The molecule has 4 heteroatoms. The molecule has 0 aliphatic heterocycles. The first-order valence-electron chi connectivity index (χ1n) is 6.64. The van der Waals surface area contributed by atoms with Crippen LogP contribution >= 0.6 is 11.6 Å². The Morgan fingerprint density at radius 3 is 2.30 bits per heavy atom. The molecule has 0 saturated heterocycles. The summed E-state index contributed by atoms with van der Waals surface area (Å²) in [5.41, 5.74) is 4.36. The Balaban J connectivity index is 2.13. The number of nitrogens with one attached hydrogen (secondary N) is 1. The highest BCUT2D eigenvalue weighted by Crippen LogP contribution is 2.24. The summed E-state index contributed by atoms with van der Waals surface area (Å²) < 4.78 is 0. The van der Waals surface area contributed by atoms with Crippen molar-refractivity contribution in [3.63, 3.8) is 0 Å². The molecule has 0 aliphatic carbocycles. The minimum atomic E-state index is 0.216. The number of aromatic nitrogens is 1. The van der Waals surface area contributed by atoms with E-state index in [0.717, 1.165) is 11.4 Å². The van der Waals surface area contributed by atoms with Gasteiger partial charge in [0.05, 0.1) is 11.4 Å². The lowest BCUT2D eigenvalue weighted by molar-refractivity contribution is 0.878. The zero-order valence-corrected chi connectivity index (χ0v) is 13.1. The van der Waals surface area contributed by atoms with Crippen LogP contribution in [-0.4, -0.2) is 19.1 Å². The quantitative estimate of drug-likeness (QED) is 0.852. The van der Waals surface area contributed by atoms with E-state index in [1.165, 1.54) is 11.3 Å². The van der Waals surface area contributed by atoms with Gasteiger partial charge in [-0.2, -0.15) is 0 Å². The van der Waals surface area contributed by atoms with E-state index >= 15 is 0 Å². The van der Waals surface area contributed by atoms with Crippen LogP contribution in [0.4, 0.5) is 11.4 Å². The number of aryl methyl sites for hydroxylation is 1. The predicted molar refractivity (Wildman–Crippen MR) is 86.8 cm³/mol.